The maximum absolute atomic E-state index is 13.3. The third-order valence-electron chi connectivity index (χ3n) is 2.20. The molecule has 0 fully saturated rings. The quantitative estimate of drug-likeness (QED) is 0.430. The zero-order valence-electron chi connectivity index (χ0n) is 9.60. The summed E-state index contributed by atoms with van der Waals surface area (Å²) in [6.07, 6.45) is -1.54. The predicted octanol–water partition coefficient (Wildman–Crippen LogP) is 1.59. The summed E-state index contributed by atoms with van der Waals surface area (Å²) in [7, 11) is 2.58. The number of carbonyl (C=O) groups excluding carboxylic acids is 2. The van der Waals surface area contributed by atoms with Gasteiger partial charge in [-0.3, -0.25) is 9.59 Å². The predicted molar refractivity (Wildman–Crippen MR) is 58.2 cm³/mol. The molecule has 0 aliphatic carbocycles. The number of carbonyl (C=O) groups is 2. The summed E-state index contributed by atoms with van der Waals surface area (Å²) >= 11 is 0. The molecule has 5 heteroatoms. The summed E-state index contributed by atoms with van der Waals surface area (Å²) in [6, 6.07) is 5.51. The Bertz CT molecular complexity index is 413. The average molecular weight is 240 g/mol. The van der Waals surface area contributed by atoms with Crippen LogP contribution in [-0.2, 0) is 14.3 Å². The average Bonchev–Trinajstić information content (AvgIpc) is 2.31. The van der Waals surface area contributed by atoms with Crippen LogP contribution in [0, 0.1) is 5.82 Å². The van der Waals surface area contributed by atoms with E-state index in [1.54, 1.807) is 0 Å². The van der Waals surface area contributed by atoms with Crippen LogP contribution in [0.2, 0.25) is 0 Å². The molecule has 1 rings (SSSR count). The Morgan fingerprint density at radius 1 is 1.24 bits per heavy atom. The van der Waals surface area contributed by atoms with Gasteiger partial charge in [0.25, 0.3) is 0 Å². The third-order valence-corrected chi connectivity index (χ3v) is 2.20. The Hall–Kier alpha value is -1.59. The van der Waals surface area contributed by atoms with Crippen LogP contribution in [0.1, 0.15) is 16.8 Å². The molecule has 0 aromatic heterocycles. The number of Topliss-reactive ketones (excluding diaryl/α,β-unsaturated/α-hetero) is 2. The highest BCUT2D eigenvalue weighted by Crippen LogP contribution is 2.10. The molecular formula is C12H13FO4. The SMILES string of the molecule is COC(OC)C(=O)CC(=O)c1ccccc1F. The number of rotatable bonds is 6. The highest BCUT2D eigenvalue weighted by molar-refractivity contribution is 6.08. The number of halogens is 1. The summed E-state index contributed by atoms with van der Waals surface area (Å²) in [4.78, 5) is 23.1. The lowest BCUT2D eigenvalue weighted by molar-refractivity contribution is -0.155. The number of benzene rings is 1. The Morgan fingerprint density at radius 2 is 1.82 bits per heavy atom. The second-order valence-electron chi connectivity index (χ2n) is 3.35. The van der Waals surface area contributed by atoms with Gasteiger partial charge in [-0.2, -0.15) is 0 Å². The minimum absolute atomic E-state index is 0.105. The molecule has 92 valence electrons. The van der Waals surface area contributed by atoms with Crippen molar-refractivity contribution in [3.63, 3.8) is 0 Å². The second-order valence-corrected chi connectivity index (χ2v) is 3.35. The second kappa shape index (κ2) is 6.22. The third kappa shape index (κ3) is 3.44. The van der Waals surface area contributed by atoms with Crippen molar-refractivity contribution >= 4 is 11.6 Å². The molecule has 0 saturated carbocycles. The number of hydrogen-bond acceptors (Lipinski definition) is 4. The standard InChI is InChI=1S/C12H13FO4/c1-16-12(17-2)11(15)7-10(14)8-5-3-4-6-9(8)13/h3-6,12H,7H2,1-2H3. The molecule has 0 aliphatic rings. The maximum Gasteiger partial charge on any atom is 0.217 e. The lowest BCUT2D eigenvalue weighted by atomic mass is 10.1. The topological polar surface area (TPSA) is 52.6 Å². The van der Waals surface area contributed by atoms with Crippen LogP contribution in [0.25, 0.3) is 0 Å². The number of ether oxygens (including phenoxy) is 2. The molecule has 0 aliphatic heterocycles. The first-order valence-electron chi connectivity index (χ1n) is 4.96. The van der Waals surface area contributed by atoms with E-state index in [1.807, 2.05) is 0 Å². The fraction of sp³-hybridized carbons (Fsp3) is 0.333. The van der Waals surface area contributed by atoms with Crippen molar-refractivity contribution in [1.82, 2.24) is 0 Å². The van der Waals surface area contributed by atoms with Gasteiger partial charge in [-0.25, -0.2) is 4.39 Å². The molecule has 0 N–H and O–H groups in total. The minimum Gasteiger partial charge on any atom is -0.349 e. The van der Waals surface area contributed by atoms with Crippen molar-refractivity contribution < 1.29 is 23.5 Å². The van der Waals surface area contributed by atoms with Gasteiger partial charge >= 0.3 is 0 Å². The Morgan fingerprint density at radius 3 is 2.35 bits per heavy atom. The van der Waals surface area contributed by atoms with Crippen molar-refractivity contribution in [1.29, 1.82) is 0 Å². The van der Waals surface area contributed by atoms with Gasteiger partial charge in [0.1, 0.15) is 5.82 Å². The number of methoxy groups -OCH3 is 2. The molecule has 17 heavy (non-hydrogen) atoms. The van der Waals surface area contributed by atoms with Crippen LogP contribution < -0.4 is 0 Å². The molecule has 0 bridgehead atoms. The Balaban J connectivity index is 2.73. The molecule has 0 saturated heterocycles. The monoisotopic (exact) mass is 240 g/mol. The fourth-order valence-corrected chi connectivity index (χ4v) is 1.38. The number of ketones is 2. The Kier molecular flexibility index (Phi) is 4.93. The summed E-state index contributed by atoms with van der Waals surface area (Å²) in [6.45, 7) is 0. The van der Waals surface area contributed by atoms with Crippen LogP contribution >= 0.6 is 0 Å². The largest absolute Gasteiger partial charge is 0.349 e. The van der Waals surface area contributed by atoms with Crippen LogP contribution in [0.5, 0.6) is 0 Å². The van der Waals surface area contributed by atoms with Crippen molar-refractivity contribution in [2.24, 2.45) is 0 Å². The van der Waals surface area contributed by atoms with E-state index in [1.165, 1.54) is 38.5 Å². The maximum atomic E-state index is 13.3. The molecule has 1 aromatic rings. The normalized spacial score (nSPS) is 10.6. The van der Waals surface area contributed by atoms with Gasteiger partial charge in [0, 0.05) is 14.2 Å². The number of hydrogen-bond donors (Lipinski definition) is 0. The molecule has 0 amide bonds. The van der Waals surface area contributed by atoms with Crippen LogP contribution in [0.15, 0.2) is 24.3 Å². The first kappa shape index (κ1) is 13.5. The van der Waals surface area contributed by atoms with Gasteiger partial charge in [-0.05, 0) is 12.1 Å². The highest BCUT2D eigenvalue weighted by atomic mass is 19.1. The van der Waals surface area contributed by atoms with Gasteiger partial charge in [0.15, 0.2) is 11.6 Å². The van der Waals surface area contributed by atoms with Crippen molar-refractivity contribution in [3.8, 4) is 0 Å². The zero-order chi connectivity index (χ0) is 12.8. The summed E-state index contributed by atoms with van der Waals surface area (Å²) in [5, 5.41) is 0. The van der Waals surface area contributed by atoms with E-state index < -0.39 is 30.1 Å². The molecule has 0 atom stereocenters. The van der Waals surface area contributed by atoms with Crippen molar-refractivity contribution in [2.75, 3.05) is 14.2 Å². The van der Waals surface area contributed by atoms with Crippen LogP contribution in [0.3, 0.4) is 0 Å². The van der Waals surface area contributed by atoms with E-state index in [0.717, 1.165) is 0 Å². The molecule has 0 spiro atoms. The summed E-state index contributed by atoms with van der Waals surface area (Å²) in [5.41, 5.74) is -0.105. The van der Waals surface area contributed by atoms with Crippen LogP contribution in [0.4, 0.5) is 4.39 Å². The smallest absolute Gasteiger partial charge is 0.217 e. The summed E-state index contributed by atoms with van der Waals surface area (Å²) in [5.74, 6) is -1.77. The van der Waals surface area contributed by atoms with Gasteiger partial charge in [0.05, 0.1) is 12.0 Å². The zero-order valence-corrected chi connectivity index (χ0v) is 9.60. The molecule has 0 unspecified atom stereocenters. The van der Waals surface area contributed by atoms with E-state index in [2.05, 4.69) is 0 Å². The van der Waals surface area contributed by atoms with Crippen LogP contribution in [-0.4, -0.2) is 32.1 Å². The molecule has 0 radical (unpaired) electrons. The van der Waals surface area contributed by atoms with E-state index in [0.29, 0.717) is 0 Å². The molecule has 0 heterocycles. The van der Waals surface area contributed by atoms with Gasteiger partial charge in [-0.15, -0.1) is 0 Å². The van der Waals surface area contributed by atoms with Gasteiger partial charge in [-0.1, -0.05) is 12.1 Å². The van der Waals surface area contributed by atoms with E-state index >= 15 is 0 Å². The van der Waals surface area contributed by atoms with E-state index in [-0.39, 0.29) is 5.56 Å². The highest BCUT2D eigenvalue weighted by Gasteiger charge is 2.22. The first-order chi connectivity index (χ1) is 8.10. The molecular weight excluding hydrogens is 227 g/mol. The first-order valence-corrected chi connectivity index (χ1v) is 4.96. The van der Waals surface area contributed by atoms with Crippen molar-refractivity contribution in [2.45, 2.75) is 12.7 Å². The molecule has 4 nitrogen and oxygen atoms in total. The van der Waals surface area contributed by atoms with Gasteiger partial charge in [0.2, 0.25) is 6.29 Å². The lowest BCUT2D eigenvalue weighted by Gasteiger charge is -2.11. The molecule has 1 aromatic carbocycles. The summed E-state index contributed by atoms with van der Waals surface area (Å²) < 4.78 is 22.7. The lowest BCUT2D eigenvalue weighted by Crippen LogP contribution is -2.27. The fourth-order valence-electron chi connectivity index (χ4n) is 1.38. The van der Waals surface area contributed by atoms with Gasteiger partial charge < -0.3 is 9.47 Å². The van der Waals surface area contributed by atoms with Crippen molar-refractivity contribution in [3.05, 3.63) is 35.6 Å². The van der Waals surface area contributed by atoms with E-state index in [9.17, 15) is 14.0 Å². The van der Waals surface area contributed by atoms with E-state index in [4.69, 9.17) is 9.47 Å². The Labute approximate surface area is 98.3 Å². The minimum atomic E-state index is -1.09.